The standard InChI is InChI=1S/C10H11NO6S/c1-17-6-2-3-18-9(6)10(16)11(4-7(12)13)5-8(14)15/h2-3H,4-5H2,1H3,(H,12,13)(H,14,15). The number of carboxylic acids is 2. The van der Waals surface area contributed by atoms with Gasteiger partial charge in [-0.15, -0.1) is 11.3 Å². The number of hydrogen-bond donors (Lipinski definition) is 2. The van der Waals surface area contributed by atoms with E-state index >= 15 is 0 Å². The number of aliphatic carboxylic acids is 2. The molecule has 2 N–H and O–H groups in total. The van der Waals surface area contributed by atoms with Crippen LogP contribution in [0.3, 0.4) is 0 Å². The van der Waals surface area contributed by atoms with Crippen LogP contribution in [0.4, 0.5) is 0 Å². The summed E-state index contributed by atoms with van der Waals surface area (Å²) in [6.07, 6.45) is 0. The predicted octanol–water partition coefficient (Wildman–Crippen LogP) is 0.368. The van der Waals surface area contributed by atoms with Crippen molar-refractivity contribution in [1.29, 1.82) is 0 Å². The van der Waals surface area contributed by atoms with Crippen LogP contribution in [-0.4, -0.2) is 53.2 Å². The predicted molar refractivity (Wildman–Crippen MR) is 62.0 cm³/mol. The normalized spacial score (nSPS) is 9.83. The first-order valence-corrected chi connectivity index (χ1v) is 5.68. The van der Waals surface area contributed by atoms with Crippen molar-refractivity contribution >= 4 is 29.2 Å². The van der Waals surface area contributed by atoms with Crippen molar-refractivity contribution in [2.45, 2.75) is 0 Å². The highest BCUT2D eigenvalue weighted by Gasteiger charge is 2.24. The van der Waals surface area contributed by atoms with Gasteiger partial charge in [-0.1, -0.05) is 0 Å². The summed E-state index contributed by atoms with van der Waals surface area (Å²) in [5.41, 5.74) is 0. The molecule has 1 rings (SSSR count). The largest absolute Gasteiger partial charge is 0.495 e. The van der Waals surface area contributed by atoms with Gasteiger partial charge < -0.3 is 19.8 Å². The molecule has 7 nitrogen and oxygen atoms in total. The molecule has 8 heteroatoms. The smallest absolute Gasteiger partial charge is 0.323 e. The van der Waals surface area contributed by atoms with Crippen molar-refractivity contribution in [3.8, 4) is 5.75 Å². The molecule has 1 aromatic rings. The molecule has 0 radical (unpaired) electrons. The Hall–Kier alpha value is -2.09. The topological polar surface area (TPSA) is 104 Å². The first kappa shape index (κ1) is 14.0. The van der Waals surface area contributed by atoms with Crippen LogP contribution in [-0.2, 0) is 9.59 Å². The lowest BCUT2D eigenvalue weighted by Gasteiger charge is -2.17. The zero-order chi connectivity index (χ0) is 13.7. The summed E-state index contributed by atoms with van der Waals surface area (Å²) in [4.78, 5) is 34.1. The summed E-state index contributed by atoms with van der Waals surface area (Å²) in [5, 5.41) is 18.9. The maximum absolute atomic E-state index is 12.0. The van der Waals surface area contributed by atoms with Gasteiger partial charge in [0.1, 0.15) is 23.7 Å². The lowest BCUT2D eigenvalue weighted by Crippen LogP contribution is -2.39. The molecular weight excluding hydrogens is 262 g/mol. The SMILES string of the molecule is COc1ccsc1C(=O)N(CC(=O)O)CC(=O)O. The second-order valence-corrected chi connectivity index (χ2v) is 4.18. The maximum Gasteiger partial charge on any atom is 0.323 e. The first-order valence-electron chi connectivity index (χ1n) is 4.80. The van der Waals surface area contributed by atoms with Crippen molar-refractivity contribution in [2.75, 3.05) is 20.2 Å². The minimum absolute atomic E-state index is 0.181. The Bertz CT molecular complexity index is 453. The van der Waals surface area contributed by atoms with E-state index in [1.165, 1.54) is 7.11 Å². The minimum Gasteiger partial charge on any atom is -0.495 e. The number of nitrogens with zero attached hydrogens (tertiary/aromatic N) is 1. The molecule has 0 aromatic carbocycles. The fourth-order valence-electron chi connectivity index (χ4n) is 1.28. The van der Waals surface area contributed by atoms with E-state index in [0.29, 0.717) is 5.75 Å². The summed E-state index contributed by atoms with van der Waals surface area (Å²) in [5.74, 6) is -2.93. The molecule has 1 amide bonds. The third-order valence-corrected chi connectivity index (χ3v) is 2.87. The van der Waals surface area contributed by atoms with E-state index in [-0.39, 0.29) is 4.88 Å². The molecule has 0 atom stereocenters. The van der Waals surface area contributed by atoms with Crippen LogP contribution in [0.15, 0.2) is 11.4 Å². The molecule has 0 saturated carbocycles. The number of methoxy groups -OCH3 is 1. The number of amides is 1. The van der Waals surface area contributed by atoms with Gasteiger partial charge in [0.05, 0.1) is 7.11 Å². The van der Waals surface area contributed by atoms with Crippen LogP contribution in [0.2, 0.25) is 0 Å². The summed E-state index contributed by atoms with van der Waals surface area (Å²) < 4.78 is 4.93. The first-order chi connectivity index (χ1) is 8.45. The highest BCUT2D eigenvalue weighted by atomic mass is 32.1. The number of rotatable bonds is 6. The van der Waals surface area contributed by atoms with Gasteiger partial charge in [-0.25, -0.2) is 0 Å². The number of carbonyl (C=O) groups is 3. The molecule has 1 heterocycles. The quantitative estimate of drug-likeness (QED) is 0.776. The van der Waals surface area contributed by atoms with Gasteiger partial charge in [-0.2, -0.15) is 0 Å². The van der Waals surface area contributed by atoms with Crippen LogP contribution in [0, 0.1) is 0 Å². The van der Waals surface area contributed by atoms with Crippen LogP contribution >= 0.6 is 11.3 Å². The maximum atomic E-state index is 12.0. The summed E-state index contributed by atoms with van der Waals surface area (Å²) in [6.45, 7) is -1.35. The molecule has 0 saturated heterocycles. The lowest BCUT2D eigenvalue weighted by molar-refractivity contribution is -0.140. The molecule has 98 valence electrons. The molecule has 0 aliphatic carbocycles. The van der Waals surface area contributed by atoms with Crippen LogP contribution in [0.25, 0.3) is 0 Å². The highest BCUT2D eigenvalue weighted by molar-refractivity contribution is 7.12. The van der Waals surface area contributed by atoms with E-state index in [1.807, 2.05) is 0 Å². The average molecular weight is 273 g/mol. The number of carboxylic acid groups (broad SMARTS) is 2. The minimum atomic E-state index is -1.28. The van der Waals surface area contributed by atoms with E-state index in [4.69, 9.17) is 14.9 Å². The monoisotopic (exact) mass is 273 g/mol. The number of hydrogen-bond acceptors (Lipinski definition) is 5. The van der Waals surface area contributed by atoms with E-state index < -0.39 is 30.9 Å². The number of carbonyl (C=O) groups excluding carboxylic acids is 1. The van der Waals surface area contributed by atoms with Gasteiger partial charge in [0.25, 0.3) is 5.91 Å². The van der Waals surface area contributed by atoms with Crippen LogP contribution < -0.4 is 4.74 Å². The Morgan fingerprint density at radius 3 is 2.28 bits per heavy atom. The molecule has 0 aliphatic rings. The fraction of sp³-hybridized carbons (Fsp3) is 0.300. The number of thiophene rings is 1. The highest BCUT2D eigenvalue weighted by Crippen LogP contribution is 2.25. The molecule has 0 spiro atoms. The zero-order valence-corrected chi connectivity index (χ0v) is 10.3. The second kappa shape index (κ2) is 6.01. The molecular formula is C10H11NO6S. The molecule has 1 aromatic heterocycles. The summed E-state index contributed by atoms with van der Waals surface area (Å²) in [6, 6.07) is 1.55. The van der Waals surface area contributed by atoms with Crippen LogP contribution in [0.1, 0.15) is 9.67 Å². The van der Waals surface area contributed by atoms with E-state index in [9.17, 15) is 14.4 Å². The number of ether oxygens (including phenoxy) is 1. The average Bonchev–Trinajstić information content (AvgIpc) is 2.73. The van der Waals surface area contributed by atoms with Crippen LogP contribution in [0.5, 0.6) is 5.75 Å². The fourth-order valence-corrected chi connectivity index (χ4v) is 2.11. The van der Waals surface area contributed by atoms with Crippen molar-refractivity contribution in [3.63, 3.8) is 0 Å². The van der Waals surface area contributed by atoms with Crippen molar-refractivity contribution in [1.82, 2.24) is 4.90 Å². The third-order valence-electron chi connectivity index (χ3n) is 1.98. The van der Waals surface area contributed by atoms with Gasteiger partial charge in [-0.3, -0.25) is 14.4 Å². The summed E-state index contributed by atoms with van der Waals surface area (Å²) >= 11 is 1.06. The Morgan fingerprint density at radius 2 is 1.83 bits per heavy atom. The third kappa shape index (κ3) is 3.45. The van der Waals surface area contributed by atoms with E-state index in [2.05, 4.69) is 0 Å². The van der Waals surface area contributed by atoms with Crippen molar-refractivity contribution in [3.05, 3.63) is 16.3 Å². The summed E-state index contributed by atoms with van der Waals surface area (Å²) in [7, 11) is 1.37. The van der Waals surface area contributed by atoms with Gasteiger partial charge in [0, 0.05) is 0 Å². The van der Waals surface area contributed by atoms with Gasteiger partial charge in [-0.05, 0) is 11.4 Å². The Morgan fingerprint density at radius 1 is 1.28 bits per heavy atom. The van der Waals surface area contributed by atoms with E-state index in [1.54, 1.807) is 11.4 Å². The Kier molecular flexibility index (Phi) is 4.67. The molecule has 0 bridgehead atoms. The molecule has 0 unspecified atom stereocenters. The van der Waals surface area contributed by atoms with Crippen molar-refractivity contribution in [2.24, 2.45) is 0 Å². The van der Waals surface area contributed by atoms with Gasteiger partial charge >= 0.3 is 11.9 Å². The van der Waals surface area contributed by atoms with Gasteiger partial charge in [0.15, 0.2) is 0 Å². The molecule has 18 heavy (non-hydrogen) atoms. The molecule has 0 aliphatic heterocycles. The van der Waals surface area contributed by atoms with Gasteiger partial charge in [0.2, 0.25) is 0 Å². The lowest BCUT2D eigenvalue weighted by atomic mass is 10.3. The van der Waals surface area contributed by atoms with E-state index in [0.717, 1.165) is 16.2 Å². The zero-order valence-electron chi connectivity index (χ0n) is 9.45. The van der Waals surface area contributed by atoms with Crippen molar-refractivity contribution < 1.29 is 29.3 Å². The Labute approximate surface area is 106 Å². The Balaban J connectivity index is 2.94. The second-order valence-electron chi connectivity index (χ2n) is 3.27. The molecule has 0 fully saturated rings.